The number of rotatable bonds is 4. The maximum atomic E-state index is 13.0. The third-order valence-corrected chi connectivity index (χ3v) is 4.87. The van der Waals surface area contributed by atoms with Gasteiger partial charge in [0, 0.05) is 37.6 Å². The van der Waals surface area contributed by atoms with Crippen LogP contribution in [0.5, 0.6) is 0 Å². The van der Waals surface area contributed by atoms with Crippen molar-refractivity contribution in [3.05, 3.63) is 81.5 Å². The molecule has 2 aromatic carbocycles. The van der Waals surface area contributed by atoms with E-state index in [9.17, 15) is 14.9 Å². The molecule has 1 amide bonds. The summed E-state index contributed by atoms with van der Waals surface area (Å²) in [6, 6.07) is 15.2. The molecule has 0 fully saturated rings. The Morgan fingerprint density at radius 2 is 1.75 bits per heavy atom. The highest BCUT2D eigenvalue weighted by Gasteiger charge is 2.35. The van der Waals surface area contributed by atoms with Crippen LogP contribution in [0.25, 0.3) is 0 Å². The summed E-state index contributed by atoms with van der Waals surface area (Å²) in [5, 5.41) is 14.6. The summed E-state index contributed by atoms with van der Waals surface area (Å²) in [7, 11) is 3.38. The topological polar surface area (TPSA) is 78.7 Å². The highest BCUT2D eigenvalue weighted by molar-refractivity contribution is 7.80. The summed E-state index contributed by atoms with van der Waals surface area (Å²) in [5.74, 6) is -0.156. The van der Waals surface area contributed by atoms with E-state index >= 15 is 0 Å². The highest BCUT2D eigenvalue weighted by Crippen LogP contribution is 2.34. The summed E-state index contributed by atoms with van der Waals surface area (Å²) in [6.45, 7) is 1.86. The molecule has 144 valence electrons. The van der Waals surface area contributed by atoms with Crippen LogP contribution >= 0.6 is 12.2 Å². The van der Waals surface area contributed by atoms with Crippen molar-refractivity contribution < 1.29 is 9.72 Å². The van der Waals surface area contributed by atoms with Crippen molar-refractivity contribution in [2.75, 3.05) is 19.0 Å². The lowest BCUT2D eigenvalue weighted by Gasteiger charge is -2.38. The molecule has 3 rings (SSSR count). The number of nitrogens with zero attached hydrogens (tertiary/aromatic N) is 3. The molecule has 0 bridgehead atoms. The van der Waals surface area contributed by atoms with Crippen LogP contribution in [-0.4, -0.2) is 34.9 Å². The molecule has 8 heteroatoms. The predicted molar refractivity (Wildman–Crippen MR) is 112 cm³/mol. The third kappa shape index (κ3) is 3.59. The number of hydrogen-bond donors (Lipinski definition) is 1. The van der Waals surface area contributed by atoms with E-state index in [0.717, 1.165) is 16.9 Å². The van der Waals surface area contributed by atoms with Crippen LogP contribution < -0.4 is 10.2 Å². The van der Waals surface area contributed by atoms with Gasteiger partial charge in [-0.25, -0.2) is 0 Å². The van der Waals surface area contributed by atoms with Crippen LogP contribution in [0.2, 0.25) is 0 Å². The Morgan fingerprint density at radius 3 is 2.29 bits per heavy atom. The molecule has 28 heavy (non-hydrogen) atoms. The molecule has 1 heterocycles. The number of para-hydroxylation sites is 1. The van der Waals surface area contributed by atoms with E-state index in [-0.39, 0.29) is 11.6 Å². The molecule has 1 aliphatic rings. The van der Waals surface area contributed by atoms with Gasteiger partial charge in [-0.15, -0.1) is 0 Å². The Hall–Kier alpha value is -3.26. The first kappa shape index (κ1) is 19.5. The Morgan fingerprint density at radius 1 is 1.14 bits per heavy atom. The van der Waals surface area contributed by atoms with Gasteiger partial charge in [-0.05, 0) is 49.0 Å². The molecule has 1 atom stereocenters. The molecule has 2 aromatic rings. The Labute approximate surface area is 168 Å². The fourth-order valence-electron chi connectivity index (χ4n) is 3.19. The van der Waals surface area contributed by atoms with E-state index in [1.165, 1.54) is 17.0 Å². The van der Waals surface area contributed by atoms with Gasteiger partial charge in [0.15, 0.2) is 5.11 Å². The summed E-state index contributed by atoms with van der Waals surface area (Å²) in [6.07, 6.45) is 0. The van der Waals surface area contributed by atoms with Crippen LogP contribution in [0.15, 0.2) is 65.9 Å². The van der Waals surface area contributed by atoms with Crippen molar-refractivity contribution in [2.24, 2.45) is 0 Å². The second-order valence-corrected chi connectivity index (χ2v) is 6.99. The third-order valence-electron chi connectivity index (χ3n) is 4.57. The normalized spacial score (nSPS) is 16.6. The number of nitro benzene ring substituents is 1. The van der Waals surface area contributed by atoms with E-state index in [1.807, 2.05) is 42.2 Å². The minimum Gasteiger partial charge on any atom is -0.351 e. The largest absolute Gasteiger partial charge is 0.351 e. The lowest BCUT2D eigenvalue weighted by Crippen LogP contribution is -2.49. The molecule has 0 saturated carbocycles. The van der Waals surface area contributed by atoms with E-state index in [2.05, 4.69) is 5.32 Å². The number of amides is 1. The molecule has 0 spiro atoms. The van der Waals surface area contributed by atoms with Gasteiger partial charge in [0.25, 0.3) is 11.6 Å². The minimum absolute atomic E-state index is 0.00534. The molecule has 0 aromatic heterocycles. The standard InChI is InChI=1S/C20H20N4O3S/c1-13-17(19(25)22(2)3)18(14-9-11-16(12-10-14)24(26)27)21-20(28)23(13)15-7-5-4-6-8-15/h4-12,18H,1-3H3,(H,21,28). The second kappa shape index (κ2) is 7.77. The maximum absolute atomic E-state index is 13.0. The van der Waals surface area contributed by atoms with E-state index in [0.29, 0.717) is 10.7 Å². The number of carbonyl (C=O) groups is 1. The predicted octanol–water partition coefficient (Wildman–Crippen LogP) is 3.39. The van der Waals surface area contributed by atoms with Crippen molar-refractivity contribution in [1.82, 2.24) is 10.2 Å². The molecule has 0 radical (unpaired) electrons. The number of anilines is 1. The highest BCUT2D eigenvalue weighted by atomic mass is 32.1. The summed E-state index contributed by atoms with van der Waals surface area (Å²) in [4.78, 5) is 26.8. The number of likely N-dealkylation sites (N-methyl/N-ethyl adjacent to an activating group) is 1. The van der Waals surface area contributed by atoms with E-state index < -0.39 is 11.0 Å². The van der Waals surface area contributed by atoms with E-state index in [4.69, 9.17) is 12.2 Å². The average molecular weight is 396 g/mol. The fraction of sp³-hybridized carbons (Fsp3) is 0.200. The molecule has 7 nitrogen and oxygen atoms in total. The second-order valence-electron chi connectivity index (χ2n) is 6.60. The lowest BCUT2D eigenvalue weighted by atomic mass is 9.93. The van der Waals surface area contributed by atoms with Crippen molar-refractivity contribution in [1.29, 1.82) is 0 Å². The number of carbonyl (C=O) groups excluding carboxylic acids is 1. The van der Waals surface area contributed by atoms with E-state index in [1.54, 1.807) is 26.2 Å². The molecule has 1 unspecified atom stereocenters. The van der Waals surface area contributed by atoms with Gasteiger partial charge < -0.3 is 10.2 Å². The zero-order valence-corrected chi connectivity index (χ0v) is 16.6. The quantitative estimate of drug-likeness (QED) is 0.485. The van der Waals surface area contributed by atoms with Crippen LogP contribution in [0.4, 0.5) is 11.4 Å². The maximum Gasteiger partial charge on any atom is 0.269 e. The minimum atomic E-state index is -0.497. The molecule has 0 aliphatic carbocycles. The molecule has 1 aliphatic heterocycles. The number of benzene rings is 2. The zero-order chi connectivity index (χ0) is 20.4. The van der Waals surface area contributed by atoms with Gasteiger partial charge in [0.1, 0.15) is 0 Å². The summed E-state index contributed by atoms with van der Waals surface area (Å²) >= 11 is 5.58. The average Bonchev–Trinajstić information content (AvgIpc) is 2.68. The lowest BCUT2D eigenvalue weighted by molar-refractivity contribution is -0.384. The van der Waals surface area contributed by atoms with Crippen LogP contribution in [0.3, 0.4) is 0 Å². The number of thiocarbonyl (C=S) groups is 1. The fourth-order valence-corrected chi connectivity index (χ4v) is 3.55. The van der Waals surface area contributed by atoms with Crippen molar-refractivity contribution in [2.45, 2.75) is 13.0 Å². The first-order valence-electron chi connectivity index (χ1n) is 8.63. The van der Waals surface area contributed by atoms with Crippen LogP contribution in [0, 0.1) is 10.1 Å². The van der Waals surface area contributed by atoms with Crippen molar-refractivity contribution in [3.63, 3.8) is 0 Å². The first-order chi connectivity index (χ1) is 13.3. The van der Waals surface area contributed by atoms with Gasteiger partial charge >= 0.3 is 0 Å². The number of nitrogens with one attached hydrogen (secondary N) is 1. The summed E-state index contributed by atoms with van der Waals surface area (Å²) in [5.41, 5.74) is 2.83. The van der Waals surface area contributed by atoms with Gasteiger partial charge in [-0.3, -0.25) is 19.8 Å². The number of non-ortho nitro benzene ring substituents is 1. The number of hydrogen-bond acceptors (Lipinski definition) is 4. The van der Waals surface area contributed by atoms with Crippen LogP contribution in [-0.2, 0) is 4.79 Å². The van der Waals surface area contributed by atoms with Crippen molar-refractivity contribution >= 4 is 34.6 Å². The van der Waals surface area contributed by atoms with Crippen LogP contribution in [0.1, 0.15) is 18.5 Å². The monoisotopic (exact) mass is 396 g/mol. The van der Waals surface area contributed by atoms with Gasteiger partial charge in [0.2, 0.25) is 0 Å². The Kier molecular flexibility index (Phi) is 5.41. The van der Waals surface area contributed by atoms with Gasteiger partial charge in [-0.1, -0.05) is 18.2 Å². The van der Waals surface area contributed by atoms with Crippen molar-refractivity contribution in [3.8, 4) is 0 Å². The Bertz CT molecular complexity index is 955. The molecule has 1 N–H and O–H groups in total. The molecular formula is C20H20N4O3S. The zero-order valence-electron chi connectivity index (χ0n) is 15.7. The van der Waals surface area contributed by atoms with Gasteiger partial charge in [-0.2, -0.15) is 0 Å². The number of nitro groups is 1. The summed E-state index contributed by atoms with van der Waals surface area (Å²) < 4.78 is 0. The first-order valence-corrected chi connectivity index (χ1v) is 9.04. The number of allylic oxidation sites excluding steroid dienone is 1. The Balaban J connectivity index is 2.12. The molecule has 0 saturated heterocycles. The SMILES string of the molecule is CC1=C(C(=O)N(C)C)C(c2ccc([N+](=O)[O-])cc2)NC(=S)N1c1ccccc1. The molecular weight excluding hydrogens is 376 g/mol. The smallest absolute Gasteiger partial charge is 0.269 e. The van der Waals surface area contributed by atoms with Gasteiger partial charge in [0.05, 0.1) is 16.5 Å².